The average Bonchev–Trinajstić information content (AvgIpc) is 3.12. The van der Waals surface area contributed by atoms with Crippen molar-refractivity contribution in [3.8, 4) is 11.3 Å². The number of nitrogens with zero attached hydrogens (tertiary/aromatic N) is 3. The van der Waals surface area contributed by atoms with Crippen molar-refractivity contribution in [1.29, 1.82) is 0 Å². The van der Waals surface area contributed by atoms with Crippen LogP contribution >= 0.6 is 0 Å². The van der Waals surface area contributed by atoms with E-state index in [9.17, 15) is 26.7 Å². The van der Waals surface area contributed by atoms with Gasteiger partial charge in [0.2, 0.25) is 5.91 Å². The van der Waals surface area contributed by atoms with Crippen LogP contribution in [0.5, 0.6) is 0 Å². The number of aromatic nitrogens is 3. The Kier molecular flexibility index (Phi) is 3.32. The highest BCUT2D eigenvalue weighted by Gasteiger charge is 2.72. The van der Waals surface area contributed by atoms with E-state index in [1.165, 1.54) is 6.07 Å². The lowest BCUT2D eigenvalue weighted by atomic mass is 9.42. The number of hydrogen-bond acceptors (Lipinski definition) is 3. The SMILES string of the molecule is O=C(N[C@H]1CCn2nc(-c3cc(C(F)(F)F)ncc3F)cc21)C12CC(F)(C1)C2. The van der Waals surface area contributed by atoms with Crippen LogP contribution in [0.3, 0.4) is 0 Å². The minimum absolute atomic E-state index is 0.0487. The summed E-state index contributed by atoms with van der Waals surface area (Å²) in [4.78, 5) is 15.6. The molecule has 28 heavy (non-hydrogen) atoms. The Morgan fingerprint density at radius 3 is 2.61 bits per heavy atom. The van der Waals surface area contributed by atoms with Gasteiger partial charge in [-0.3, -0.25) is 9.48 Å². The summed E-state index contributed by atoms with van der Waals surface area (Å²) in [6.45, 7) is 0.444. The molecule has 1 atom stereocenters. The van der Waals surface area contributed by atoms with Gasteiger partial charge in [-0.2, -0.15) is 18.3 Å². The quantitative estimate of drug-likeness (QED) is 0.805. The number of nitrogens with one attached hydrogen (secondary N) is 1. The van der Waals surface area contributed by atoms with Crippen LogP contribution in [-0.4, -0.2) is 26.3 Å². The normalized spacial score (nSPS) is 30.4. The van der Waals surface area contributed by atoms with Crippen molar-refractivity contribution >= 4 is 5.91 Å². The molecule has 10 heteroatoms. The number of hydrogen-bond donors (Lipinski definition) is 1. The van der Waals surface area contributed by atoms with Gasteiger partial charge in [0.05, 0.1) is 29.0 Å². The summed E-state index contributed by atoms with van der Waals surface area (Å²) in [5.74, 6) is -1.12. The maximum absolute atomic E-state index is 14.1. The lowest BCUT2D eigenvalue weighted by Gasteiger charge is -2.64. The molecule has 3 fully saturated rings. The van der Waals surface area contributed by atoms with E-state index < -0.39 is 28.8 Å². The first kappa shape index (κ1) is 17.6. The molecule has 2 aromatic heterocycles. The molecule has 1 amide bonds. The summed E-state index contributed by atoms with van der Waals surface area (Å²) in [5, 5.41) is 7.09. The third-order valence-electron chi connectivity index (χ3n) is 5.97. The molecule has 1 N–H and O–H groups in total. The fourth-order valence-corrected chi connectivity index (χ4v) is 4.57. The zero-order valence-corrected chi connectivity index (χ0v) is 14.5. The number of aryl methyl sites for hydroxylation is 1. The second-order valence-electron chi connectivity index (χ2n) is 8.00. The Labute approximate surface area is 155 Å². The lowest BCUT2D eigenvalue weighted by molar-refractivity contribution is -0.214. The number of rotatable bonds is 3. The fraction of sp³-hybridized carbons (Fsp3) is 0.500. The molecule has 0 radical (unpaired) electrons. The van der Waals surface area contributed by atoms with Gasteiger partial charge in [0.15, 0.2) is 5.82 Å². The van der Waals surface area contributed by atoms with Crippen LogP contribution in [0, 0.1) is 11.2 Å². The summed E-state index contributed by atoms with van der Waals surface area (Å²) in [6.07, 6.45) is -2.88. The van der Waals surface area contributed by atoms with E-state index in [1.807, 2.05) is 0 Å². The summed E-state index contributed by atoms with van der Waals surface area (Å²) >= 11 is 0. The van der Waals surface area contributed by atoms with Gasteiger partial charge in [0.25, 0.3) is 0 Å². The van der Waals surface area contributed by atoms with E-state index in [0.29, 0.717) is 30.9 Å². The zero-order valence-electron chi connectivity index (χ0n) is 14.5. The van der Waals surface area contributed by atoms with Crippen molar-refractivity contribution < 1.29 is 26.7 Å². The van der Waals surface area contributed by atoms with E-state index >= 15 is 0 Å². The summed E-state index contributed by atoms with van der Waals surface area (Å²) in [6, 6.07) is 1.73. The third-order valence-corrected chi connectivity index (χ3v) is 5.97. The fourth-order valence-electron chi connectivity index (χ4n) is 4.57. The molecule has 6 rings (SSSR count). The Balaban J connectivity index is 1.39. The highest BCUT2D eigenvalue weighted by atomic mass is 19.4. The van der Waals surface area contributed by atoms with Gasteiger partial charge in [-0.1, -0.05) is 0 Å². The maximum atomic E-state index is 14.1. The predicted octanol–water partition coefficient (Wildman–Crippen LogP) is 3.56. The molecule has 5 nitrogen and oxygen atoms in total. The number of fused-ring (bicyclic) bond motifs is 1. The average molecular weight is 398 g/mol. The number of halogens is 5. The monoisotopic (exact) mass is 398 g/mol. The Hall–Kier alpha value is -2.52. The van der Waals surface area contributed by atoms with Crippen molar-refractivity contribution in [2.24, 2.45) is 5.41 Å². The van der Waals surface area contributed by atoms with Crippen LogP contribution in [-0.2, 0) is 17.5 Å². The molecule has 0 aromatic carbocycles. The van der Waals surface area contributed by atoms with Crippen LogP contribution in [0.25, 0.3) is 11.3 Å². The Morgan fingerprint density at radius 1 is 1.25 bits per heavy atom. The number of amides is 1. The molecule has 2 aromatic rings. The molecular weight excluding hydrogens is 383 g/mol. The van der Waals surface area contributed by atoms with Crippen molar-refractivity contribution in [2.45, 2.75) is 50.1 Å². The van der Waals surface area contributed by atoms with E-state index in [0.717, 1.165) is 0 Å². The molecule has 4 aliphatic rings. The van der Waals surface area contributed by atoms with Gasteiger partial charge < -0.3 is 5.32 Å². The third kappa shape index (κ3) is 2.46. The molecular formula is C18H15F5N4O. The molecule has 3 heterocycles. The van der Waals surface area contributed by atoms with Gasteiger partial charge in [-0.05, 0) is 37.8 Å². The smallest absolute Gasteiger partial charge is 0.347 e. The van der Waals surface area contributed by atoms with Gasteiger partial charge in [-0.25, -0.2) is 13.8 Å². The summed E-state index contributed by atoms with van der Waals surface area (Å²) in [5.41, 5.74) is -2.66. The molecule has 0 saturated heterocycles. The highest BCUT2D eigenvalue weighted by molar-refractivity contribution is 5.87. The number of pyridine rings is 1. The minimum Gasteiger partial charge on any atom is -0.347 e. The van der Waals surface area contributed by atoms with Gasteiger partial charge >= 0.3 is 6.18 Å². The van der Waals surface area contributed by atoms with Crippen molar-refractivity contribution in [3.63, 3.8) is 0 Å². The zero-order chi connectivity index (χ0) is 19.9. The first-order valence-electron chi connectivity index (χ1n) is 8.89. The number of carbonyl (C=O) groups is 1. The standard InChI is InChI=1S/C18H15F5N4O/c19-10-5-24-14(18(21,22)23)3-9(10)12-4-13-11(1-2-27(13)26-12)25-15(28)16-6-17(20,7-16)8-16/h3-5,11H,1-2,6-8H2,(H,25,28)/t11-,16?,17?/m0/s1. The highest BCUT2D eigenvalue weighted by Crippen LogP contribution is 2.69. The van der Waals surface area contributed by atoms with Crippen LogP contribution in [0.15, 0.2) is 18.3 Å². The molecule has 2 bridgehead atoms. The molecule has 3 aliphatic carbocycles. The Morgan fingerprint density at radius 2 is 1.96 bits per heavy atom. The van der Waals surface area contributed by atoms with E-state index in [-0.39, 0.29) is 42.5 Å². The van der Waals surface area contributed by atoms with Crippen molar-refractivity contribution in [3.05, 3.63) is 35.5 Å². The maximum Gasteiger partial charge on any atom is 0.433 e. The molecule has 3 saturated carbocycles. The predicted molar refractivity (Wildman–Crippen MR) is 86.0 cm³/mol. The largest absolute Gasteiger partial charge is 0.433 e. The number of alkyl halides is 4. The topological polar surface area (TPSA) is 59.8 Å². The van der Waals surface area contributed by atoms with E-state index in [2.05, 4.69) is 15.4 Å². The van der Waals surface area contributed by atoms with Crippen LogP contribution < -0.4 is 5.32 Å². The molecule has 148 valence electrons. The van der Waals surface area contributed by atoms with Crippen molar-refractivity contribution in [1.82, 2.24) is 20.1 Å². The van der Waals surface area contributed by atoms with Gasteiger partial charge in [-0.15, -0.1) is 0 Å². The first-order chi connectivity index (χ1) is 13.1. The summed E-state index contributed by atoms with van der Waals surface area (Å²) < 4.78 is 67.9. The van der Waals surface area contributed by atoms with Gasteiger partial charge in [0, 0.05) is 12.1 Å². The molecule has 1 aliphatic heterocycles. The van der Waals surface area contributed by atoms with Crippen LogP contribution in [0.1, 0.15) is 43.1 Å². The lowest BCUT2D eigenvalue weighted by Crippen LogP contribution is -2.70. The Bertz CT molecular complexity index is 979. The van der Waals surface area contributed by atoms with E-state index in [4.69, 9.17) is 0 Å². The van der Waals surface area contributed by atoms with Crippen LogP contribution in [0.2, 0.25) is 0 Å². The molecule has 0 unspecified atom stereocenters. The minimum atomic E-state index is -4.70. The van der Waals surface area contributed by atoms with Crippen molar-refractivity contribution in [2.75, 3.05) is 0 Å². The van der Waals surface area contributed by atoms with Crippen LogP contribution in [0.4, 0.5) is 22.0 Å². The summed E-state index contributed by atoms with van der Waals surface area (Å²) in [7, 11) is 0. The van der Waals surface area contributed by atoms with E-state index in [1.54, 1.807) is 4.68 Å². The first-order valence-corrected chi connectivity index (χ1v) is 8.89. The van der Waals surface area contributed by atoms with Gasteiger partial charge in [0.1, 0.15) is 11.4 Å². The number of carbonyl (C=O) groups excluding carboxylic acids is 1. The molecule has 0 spiro atoms. The second kappa shape index (κ2) is 5.30. The second-order valence-corrected chi connectivity index (χ2v) is 8.00.